The van der Waals surface area contributed by atoms with E-state index in [4.69, 9.17) is 0 Å². The van der Waals surface area contributed by atoms with E-state index >= 15 is 0 Å². The van der Waals surface area contributed by atoms with Gasteiger partial charge in [-0.2, -0.15) is 0 Å². The molecule has 0 bridgehead atoms. The normalized spacial score (nSPS) is 15.0. The number of anilines is 3. The van der Waals surface area contributed by atoms with Gasteiger partial charge in [-0.15, -0.1) is 0 Å². The SMILES string of the molecule is c1ccc(-c2ccc(N(c3ccc4c(c3)C3(c5ccccc5-4)c4ccccc4-c4cccc5ccc(-c6ccccc6)c3c45)c3cccc4c3C(c3ccccc3)(c3ccccc3)c3ccccc3-4)cc2)cc1. The maximum atomic E-state index is 2.57. The van der Waals surface area contributed by atoms with E-state index in [2.05, 4.69) is 290 Å². The molecule has 0 amide bonds. The zero-order valence-corrected chi connectivity index (χ0v) is 40.1. The maximum absolute atomic E-state index is 2.57. The monoisotopic (exact) mass is 925 g/mol. The van der Waals surface area contributed by atoms with E-state index < -0.39 is 10.8 Å². The largest absolute Gasteiger partial charge is 0.310 e. The van der Waals surface area contributed by atoms with E-state index in [-0.39, 0.29) is 0 Å². The van der Waals surface area contributed by atoms with Crippen molar-refractivity contribution in [2.24, 2.45) is 0 Å². The van der Waals surface area contributed by atoms with Crippen molar-refractivity contribution in [3.8, 4) is 55.6 Å². The van der Waals surface area contributed by atoms with Gasteiger partial charge < -0.3 is 4.90 Å². The van der Waals surface area contributed by atoms with Crippen molar-refractivity contribution in [2.45, 2.75) is 10.8 Å². The van der Waals surface area contributed by atoms with E-state index in [0.717, 1.165) is 17.1 Å². The summed E-state index contributed by atoms with van der Waals surface area (Å²) in [4.78, 5) is 2.57. The second-order valence-electron chi connectivity index (χ2n) is 19.8. The standard InChI is InChI=1S/C72H47N/c1-5-21-48(22-6-1)49-39-42-54(43-40-49)73(67-38-20-34-62-59-32-15-16-35-63(59)71(69(62)67,52-26-9-3-10-27-52)53-28-11-4-12-29-53)55-44-46-60-57-30-13-17-36-64(57)72(66(60)47-55)65-37-18-14-31-58(65)61-33-19-25-51-41-45-56(70(72)68(51)61)50-23-7-2-8-24-50/h1-47H. The Morgan fingerprint density at radius 2 is 0.699 bits per heavy atom. The van der Waals surface area contributed by atoms with Crippen LogP contribution < -0.4 is 4.90 Å². The summed E-state index contributed by atoms with van der Waals surface area (Å²) in [6, 6.07) is 107. The average molecular weight is 926 g/mol. The predicted molar refractivity (Wildman–Crippen MR) is 303 cm³/mol. The Bertz CT molecular complexity index is 4080. The average Bonchev–Trinajstić information content (AvgIpc) is 3.98. The van der Waals surface area contributed by atoms with Crippen molar-refractivity contribution in [1.82, 2.24) is 0 Å². The third-order valence-electron chi connectivity index (χ3n) is 16.3. The molecule has 340 valence electrons. The van der Waals surface area contributed by atoms with E-state index in [9.17, 15) is 0 Å². The van der Waals surface area contributed by atoms with Gasteiger partial charge in [0.2, 0.25) is 0 Å². The van der Waals surface area contributed by atoms with Gasteiger partial charge in [0.25, 0.3) is 0 Å². The Labute approximate surface area is 426 Å². The Morgan fingerprint density at radius 1 is 0.247 bits per heavy atom. The molecule has 0 aromatic heterocycles. The molecule has 12 aromatic carbocycles. The fourth-order valence-electron chi connectivity index (χ4n) is 13.5. The molecule has 3 aliphatic carbocycles. The molecule has 1 atom stereocenters. The summed E-state index contributed by atoms with van der Waals surface area (Å²) < 4.78 is 0. The van der Waals surface area contributed by atoms with Crippen LogP contribution in [0.2, 0.25) is 0 Å². The lowest BCUT2D eigenvalue weighted by atomic mass is 9.60. The number of hydrogen-bond acceptors (Lipinski definition) is 1. The van der Waals surface area contributed by atoms with Crippen LogP contribution in [0.1, 0.15) is 44.5 Å². The van der Waals surface area contributed by atoms with Gasteiger partial charge in [-0.05, 0) is 136 Å². The highest BCUT2D eigenvalue weighted by Crippen LogP contribution is 2.65. The van der Waals surface area contributed by atoms with Crippen molar-refractivity contribution in [3.63, 3.8) is 0 Å². The highest BCUT2D eigenvalue weighted by molar-refractivity contribution is 6.10. The first-order chi connectivity index (χ1) is 36.2. The van der Waals surface area contributed by atoms with Gasteiger partial charge in [0.15, 0.2) is 0 Å². The van der Waals surface area contributed by atoms with Gasteiger partial charge in [0, 0.05) is 16.9 Å². The first kappa shape index (κ1) is 41.5. The van der Waals surface area contributed by atoms with Crippen molar-refractivity contribution in [1.29, 1.82) is 0 Å². The molecule has 12 aromatic rings. The van der Waals surface area contributed by atoms with Gasteiger partial charge in [-0.25, -0.2) is 0 Å². The van der Waals surface area contributed by atoms with Crippen molar-refractivity contribution < 1.29 is 0 Å². The van der Waals surface area contributed by atoms with Gasteiger partial charge in [0.05, 0.1) is 16.5 Å². The molecule has 0 heterocycles. The Kier molecular flexibility index (Phi) is 9.16. The number of benzene rings is 12. The molecule has 3 aliphatic rings. The van der Waals surface area contributed by atoms with Crippen LogP contribution in [0, 0.1) is 0 Å². The van der Waals surface area contributed by atoms with Crippen molar-refractivity contribution in [2.75, 3.05) is 4.90 Å². The van der Waals surface area contributed by atoms with E-state index in [1.54, 1.807) is 0 Å². The lowest BCUT2D eigenvalue weighted by Crippen LogP contribution is -2.33. The summed E-state index contributed by atoms with van der Waals surface area (Å²) in [6.45, 7) is 0. The second-order valence-corrected chi connectivity index (χ2v) is 19.8. The third-order valence-corrected chi connectivity index (χ3v) is 16.3. The number of rotatable bonds is 7. The lowest BCUT2D eigenvalue weighted by Gasteiger charge is -2.42. The quantitative estimate of drug-likeness (QED) is 0.154. The van der Waals surface area contributed by atoms with E-state index in [0.29, 0.717) is 0 Å². The van der Waals surface area contributed by atoms with Crippen molar-refractivity contribution in [3.05, 3.63) is 330 Å². The highest BCUT2D eigenvalue weighted by Gasteiger charge is 2.52. The summed E-state index contributed by atoms with van der Waals surface area (Å²) in [7, 11) is 0. The fraction of sp³-hybridized carbons (Fsp3) is 0.0278. The summed E-state index contributed by atoms with van der Waals surface area (Å²) in [5, 5.41) is 2.57. The molecular formula is C72H47N. The second kappa shape index (κ2) is 16.1. The van der Waals surface area contributed by atoms with Gasteiger partial charge in [0.1, 0.15) is 0 Å². The summed E-state index contributed by atoms with van der Waals surface area (Å²) in [5.74, 6) is 0. The molecule has 73 heavy (non-hydrogen) atoms. The molecule has 0 saturated heterocycles. The molecule has 0 N–H and O–H groups in total. The van der Waals surface area contributed by atoms with E-state index in [1.807, 2.05) is 0 Å². The van der Waals surface area contributed by atoms with Crippen LogP contribution in [0.5, 0.6) is 0 Å². The fourth-order valence-corrected chi connectivity index (χ4v) is 13.5. The third kappa shape index (κ3) is 5.79. The minimum Gasteiger partial charge on any atom is -0.310 e. The zero-order valence-electron chi connectivity index (χ0n) is 40.1. The Balaban J connectivity index is 1.07. The Morgan fingerprint density at radius 3 is 1.34 bits per heavy atom. The maximum Gasteiger partial charge on any atom is 0.0734 e. The van der Waals surface area contributed by atoms with Crippen molar-refractivity contribution >= 4 is 27.8 Å². The van der Waals surface area contributed by atoms with Gasteiger partial charge in [-0.3, -0.25) is 0 Å². The zero-order chi connectivity index (χ0) is 48.1. The van der Waals surface area contributed by atoms with Crippen LogP contribution in [-0.2, 0) is 10.8 Å². The molecule has 1 spiro atoms. The molecule has 0 saturated carbocycles. The number of fused-ring (bicyclic) bond motifs is 12. The van der Waals surface area contributed by atoms with Crippen LogP contribution in [-0.4, -0.2) is 0 Å². The molecule has 0 aliphatic heterocycles. The molecule has 15 rings (SSSR count). The number of nitrogens with zero attached hydrogens (tertiary/aromatic N) is 1. The molecule has 1 unspecified atom stereocenters. The topological polar surface area (TPSA) is 3.24 Å². The minimum absolute atomic E-state index is 0.631. The lowest BCUT2D eigenvalue weighted by molar-refractivity contribution is 0.767. The van der Waals surface area contributed by atoms with Gasteiger partial charge >= 0.3 is 0 Å². The molecular weight excluding hydrogens is 879 g/mol. The smallest absolute Gasteiger partial charge is 0.0734 e. The van der Waals surface area contributed by atoms with Crippen LogP contribution in [0.3, 0.4) is 0 Å². The van der Waals surface area contributed by atoms with Gasteiger partial charge in [-0.1, -0.05) is 255 Å². The molecule has 1 nitrogen and oxygen atoms in total. The predicted octanol–water partition coefficient (Wildman–Crippen LogP) is 18.4. The number of hydrogen-bond donors (Lipinski definition) is 0. The highest BCUT2D eigenvalue weighted by atomic mass is 15.1. The molecule has 1 heteroatoms. The van der Waals surface area contributed by atoms with Crippen LogP contribution in [0.25, 0.3) is 66.4 Å². The first-order valence-electron chi connectivity index (χ1n) is 25.5. The van der Waals surface area contributed by atoms with Crippen LogP contribution >= 0.6 is 0 Å². The minimum atomic E-state index is -0.660. The molecule has 0 radical (unpaired) electrons. The first-order valence-corrected chi connectivity index (χ1v) is 25.5. The summed E-state index contributed by atoms with van der Waals surface area (Å²) in [5.41, 5.74) is 24.8. The molecule has 0 fully saturated rings. The summed E-state index contributed by atoms with van der Waals surface area (Å²) >= 11 is 0. The van der Waals surface area contributed by atoms with Crippen LogP contribution in [0.4, 0.5) is 17.1 Å². The summed E-state index contributed by atoms with van der Waals surface area (Å²) in [6.07, 6.45) is 0. The van der Waals surface area contributed by atoms with Crippen LogP contribution in [0.15, 0.2) is 285 Å². The van der Waals surface area contributed by atoms with E-state index in [1.165, 1.54) is 111 Å². The Hall–Kier alpha value is -9.30.